The molecule has 0 amide bonds. The highest BCUT2D eigenvalue weighted by Gasteiger charge is 2.63. The van der Waals surface area contributed by atoms with Gasteiger partial charge in [0, 0.05) is 0 Å². The van der Waals surface area contributed by atoms with E-state index < -0.39 is 0 Å². The van der Waals surface area contributed by atoms with Gasteiger partial charge < -0.3 is 10.2 Å². The van der Waals surface area contributed by atoms with Gasteiger partial charge in [-0.05, 0) is 129 Å². The van der Waals surface area contributed by atoms with E-state index in [1.807, 2.05) is 12.1 Å². The van der Waals surface area contributed by atoms with Gasteiger partial charge in [0.1, 0.15) is 5.52 Å². The zero-order valence-corrected chi connectivity index (χ0v) is 23.3. The number of hydrogen-bond donors (Lipinski definition) is 2. The topological polar surface area (TPSA) is 53.4 Å². The smallest absolute Gasteiger partial charge is 0.153 e. The van der Waals surface area contributed by atoms with Crippen LogP contribution < -0.4 is 0 Å². The molecule has 5 heteroatoms. The summed E-state index contributed by atoms with van der Waals surface area (Å²) in [7, 11) is 0. The van der Waals surface area contributed by atoms with E-state index >= 15 is 0 Å². The van der Waals surface area contributed by atoms with Crippen LogP contribution in [0.2, 0.25) is 0 Å². The molecule has 198 valence electrons. The van der Waals surface area contributed by atoms with Crippen LogP contribution in [0.15, 0.2) is 12.1 Å². The summed E-state index contributed by atoms with van der Waals surface area (Å²) >= 11 is 1.63. The number of aliphatic hydroxyl groups excluding tert-OH is 2. The van der Waals surface area contributed by atoms with Gasteiger partial charge in [-0.2, -0.15) is 0 Å². The third-order valence-electron chi connectivity index (χ3n) is 12.1. The third-order valence-corrected chi connectivity index (χ3v) is 13.1. The van der Waals surface area contributed by atoms with Crippen molar-refractivity contribution in [1.82, 2.24) is 4.98 Å². The summed E-state index contributed by atoms with van der Waals surface area (Å²) < 4.78 is 15.5. The van der Waals surface area contributed by atoms with E-state index in [0.717, 1.165) is 54.2 Å². The van der Waals surface area contributed by atoms with Gasteiger partial charge >= 0.3 is 0 Å². The summed E-state index contributed by atoms with van der Waals surface area (Å²) in [5, 5.41) is 23.2. The van der Waals surface area contributed by atoms with Gasteiger partial charge in [-0.25, -0.2) is 9.37 Å². The minimum Gasteiger partial charge on any atom is -0.393 e. The van der Waals surface area contributed by atoms with Gasteiger partial charge in [-0.3, -0.25) is 0 Å². The van der Waals surface area contributed by atoms with Gasteiger partial charge in [-0.1, -0.05) is 26.8 Å². The van der Waals surface area contributed by atoms with Crippen molar-refractivity contribution < 1.29 is 14.6 Å². The van der Waals surface area contributed by atoms with Crippen LogP contribution in [0.4, 0.5) is 4.39 Å². The Morgan fingerprint density at radius 3 is 2.69 bits per heavy atom. The molecule has 0 bridgehead atoms. The second-order valence-electron chi connectivity index (χ2n) is 13.6. The maximum atomic E-state index is 14.5. The minimum atomic E-state index is -0.236. The predicted octanol–water partition coefficient (Wildman–Crippen LogP) is 7.30. The standard InChI is InChI=1S/C31H44FNO2S/c1-17(6-12-27-33-29-25(36-27)11-5-18(2)28(29)32)22-9-10-23-21-8-7-19-15-20(34)13-14-30(19,3)24(21)16-26(35)31(22,23)4/h5,11,17,19-24,26,34-35H,6-10,12-16H2,1-4H3/t17?,19-,20-,21+,22-,23+,24+,26+,30+,31-/m1/s1. The molecular formula is C31H44FNO2S. The molecule has 4 aliphatic carbocycles. The molecule has 10 atom stereocenters. The Bertz CT molecular complexity index is 1130. The van der Waals surface area contributed by atoms with Gasteiger partial charge in [0.05, 0.1) is 21.9 Å². The first kappa shape index (κ1) is 25.2. The molecule has 0 saturated heterocycles. The summed E-state index contributed by atoms with van der Waals surface area (Å²) in [5.74, 6) is 3.44. The molecule has 4 saturated carbocycles. The highest BCUT2D eigenvalue weighted by molar-refractivity contribution is 7.18. The first-order valence-corrected chi connectivity index (χ1v) is 15.3. The lowest BCUT2D eigenvalue weighted by atomic mass is 9.43. The van der Waals surface area contributed by atoms with Gasteiger partial charge in [0.15, 0.2) is 5.82 Å². The van der Waals surface area contributed by atoms with Crippen molar-refractivity contribution in [2.45, 2.75) is 104 Å². The van der Waals surface area contributed by atoms with E-state index in [0.29, 0.717) is 40.7 Å². The highest BCUT2D eigenvalue weighted by Crippen LogP contribution is 2.68. The molecule has 3 nitrogen and oxygen atoms in total. The zero-order valence-electron chi connectivity index (χ0n) is 22.5. The first-order chi connectivity index (χ1) is 17.1. The van der Waals surface area contributed by atoms with E-state index in [2.05, 4.69) is 25.8 Å². The van der Waals surface area contributed by atoms with Crippen molar-refractivity contribution in [2.75, 3.05) is 0 Å². The molecule has 6 rings (SSSR count). The van der Waals surface area contributed by atoms with E-state index in [4.69, 9.17) is 0 Å². The molecule has 2 N–H and O–H groups in total. The van der Waals surface area contributed by atoms with Crippen LogP contribution in [0, 0.1) is 59.1 Å². The van der Waals surface area contributed by atoms with Crippen LogP contribution in [0.3, 0.4) is 0 Å². The van der Waals surface area contributed by atoms with Crippen molar-refractivity contribution in [3.05, 3.63) is 28.5 Å². The normalized spacial score (nSPS) is 43.1. The van der Waals surface area contributed by atoms with Gasteiger partial charge in [-0.15, -0.1) is 11.3 Å². The summed E-state index contributed by atoms with van der Waals surface area (Å²) in [6, 6.07) is 3.85. The zero-order chi connectivity index (χ0) is 25.4. The Morgan fingerprint density at radius 1 is 1.08 bits per heavy atom. The lowest BCUT2D eigenvalue weighted by Crippen LogP contribution is -2.58. The average molecular weight is 514 g/mol. The van der Waals surface area contributed by atoms with Crippen LogP contribution in [0.25, 0.3) is 10.2 Å². The molecule has 1 heterocycles. The maximum absolute atomic E-state index is 14.5. The van der Waals surface area contributed by atoms with Crippen molar-refractivity contribution in [3.8, 4) is 0 Å². The molecule has 2 aromatic rings. The number of thiazole rings is 1. The number of aliphatic hydroxyl groups is 2. The van der Waals surface area contributed by atoms with Crippen molar-refractivity contribution in [1.29, 1.82) is 0 Å². The fourth-order valence-electron chi connectivity index (χ4n) is 9.93. The lowest BCUT2D eigenvalue weighted by molar-refractivity contribution is -0.174. The SMILES string of the molecule is Cc1ccc2sc(CCC(C)[C@H]3CC[C@H]4[C@@H]5CC[C@@H]6C[C@H](O)CC[C@]6(C)[C@H]5C[C@H](O)[C@]34C)nc2c1F. The number of aryl methyl sites for hydroxylation is 2. The maximum Gasteiger partial charge on any atom is 0.153 e. The Morgan fingerprint density at radius 2 is 1.89 bits per heavy atom. The average Bonchev–Trinajstić information content (AvgIpc) is 3.43. The molecule has 36 heavy (non-hydrogen) atoms. The number of rotatable bonds is 4. The minimum absolute atomic E-state index is 0.00519. The number of hydrogen-bond acceptors (Lipinski definition) is 4. The number of nitrogens with zero attached hydrogens (tertiary/aromatic N) is 1. The summed E-state index contributed by atoms with van der Waals surface area (Å²) in [6.07, 6.45) is 10.6. The Hall–Kier alpha value is -1.04. The Labute approximate surface area is 219 Å². The largest absolute Gasteiger partial charge is 0.393 e. The van der Waals surface area contributed by atoms with Crippen LogP contribution in [-0.2, 0) is 6.42 Å². The van der Waals surface area contributed by atoms with E-state index in [9.17, 15) is 14.6 Å². The van der Waals surface area contributed by atoms with E-state index in [1.54, 1.807) is 18.3 Å². The summed E-state index contributed by atoms with van der Waals surface area (Å²) in [5.41, 5.74) is 1.47. The molecule has 1 aromatic carbocycles. The van der Waals surface area contributed by atoms with Crippen LogP contribution in [0.5, 0.6) is 0 Å². The highest BCUT2D eigenvalue weighted by atomic mass is 32.1. The number of benzene rings is 1. The monoisotopic (exact) mass is 513 g/mol. The van der Waals surface area contributed by atoms with Crippen molar-refractivity contribution >= 4 is 21.6 Å². The fourth-order valence-corrected chi connectivity index (χ4v) is 10.9. The number of fused-ring (bicyclic) bond motifs is 6. The molecule has 1 unspecified atom stereocenters. The van der Waals surface area contributed by atoms with Crippen LogP contribution in [0.1, 0.15) is 89.1 Å². The molecule has 4 fully saturated rings. The van der Waals surface area contributed by atoms with Gasteiger partial charge in [0.25, 0.3) is 0 Å². The molecule has 1 aromatic heterocycles. The van der Waals surface area contributed by atoms with E-state index in [-0.39, 0.29) is 28.9 Å². The predicted molar refractivity (Wildman–Crippen MR) is 144 cm³/mol. The van der Waals surface area contributed by atoms with Crippen molar-refractivity contribution in [3.63, 3.8) is 0 Å². The second kappa shape index (κ2) is 9.02. The first-order valence-electron chi connectivity index (χ1n) is 14.5. The molecule has 0 radical (unpaired) electrons. The molecule has 4 aliphatic rings. The second-order valence-corrected chi connectivity index (χ2v) is 14.7. The number of aromatic nitrogens is 1. The van der Waals surface area contributed by atoms with Crippen LogP contribution in [-0.4, -0.2) is 27.4 Å². The summed E-state index contributed by atoms with van der Waals surface area (Å²) in [6.45, 7) is 9.10. The Balaban J connectivity index is 1.18. The third kappa shape index (κ3) is 3.73. The lowest BCUT2D eigenvalue weighted by Gasteiger charge is -2.62. The summed E-state index contributed by atoms with van der Waals surface area (Å²) in [4.78, 5) is 4.67. The van der Waals surface area contributed by atoms with Crippen LogP contribution >= 0.6 is 11.3 Å². The quantitative estimate of drug-likeness (QED) is 0.451. The molecule has 0 aliphatic heterocycles. The van der Waals surface area contributed by atoms with E-state index in [1.165, 1.54) is 25.7 Å². The Kier molecular flexibility index (Phi) is 6.33. The fraction of sp³-hybridized carbons (Fsp3) is 0.774. The molecular weight excluding hydrogens is 469 g/mol. The molecule has 0 spiro atoms. The van der Waals surface area contributed by atoms with Crippen molar-refractivity contribution in [2.24, 2.45) is 46.3 Å². The van der Waals surface area contributed by atoms with Gasteiger partial charge in [0.2, 0.25) is 0 Å². The number of halogens is 1.